The van der Waals surface area contributed by atoms with Crippen LogP contribution in [0, 0.1) is 0 Å². The van der Waals surface area contributed by atoms with Crippen molar-refractivity contribution < 1.29 is 14.4 Å². The van der Waals surface area contributed by atoms with E-state index in [2.05, 4.69) is 36.8 Å². The summed E-state index contributed by atoms with van der Waals surface area (Å²) in [6.07, 6.45) is 4.20. The number of hydrogen-bond donors (Lipinski definition) is 3. The van der Waals surface area contributed by atoms with E-state index in [-0.39, 0.29) is 17.7 Å². The molecule has 0 saturated heterocycles. The molecule has 0 unspecified atom stereocenters. The van der Waals surface area contributed by atoms with Gasteiger partial charge in [0, 0.05) is 43.1 Å². The predicted octanol–water partition coefficient (Wildman–Crippen LogP) is 3.31. The van der Waals surface area contributed by atoms with Crippen molar-refractivity contribution in [2.75, 3.05) is 37.8 Å². The minimum atomic E-state index is -0.352. The van der Waals surface area contributed by atoms with Gasteiger partial charge in [0.2, 0.25) is 0 Å². The maximum Gasteiger partial charge on any atom is 0.272 e. The number of halogens is 1. The van der Waals surface area contributed by atoms with Crippen molar-refractivity contribution in [3.63, 3.8) is 0 Å². The number of benzene rings is 1. The molecule has 0 radical (unpaired) electrons. The van der Waals surface area contributed by atoms with E-state index in [0.29, 0.717) is 34.9 Å². The number of hydrogen-bond acceptors (Lipinski definition) is 4. The predicted molar refractivity (Wildman–Crippen MR) is 136 cm³/mol. The first-order valence-corrected chi connectivity index (χ1v) is 11.6. The Balaban J connectivity index is 1.62. The molecular weight excluding hydrogens is 500 g/mol. The molecule has 1 aromatic carbocycles. The number of amides is 3. The molecule has 180 valence electrons. The zero-order valence-corrected chi connectivity index (χ0v) is 21.3. The van der Waals surface area contributed by atoms with E-state index in [0.717, 1.165) is 17.4 Å². The van der Waals surface area contributed by atoms with Crippen LogP contribution in [0.5, 0.6) is 0 Å². The smallest absolute Gasteiger partial charge is 0.272 e. The zero-order chi connectivity index (χ0) is 24.8. The van der Waals surface area contributed by atoms with E-state index < -0.39 is 0 Å². The van der Waals surface area contributed by atoms with Gasteiger partial charge in [0.25, 0.3) is 17.7 Å². The van der Waals surface area contributed by atoms with Crippen LogP contribution in [0.2, 0.25) is 0 Å². The highest BCUT2D eigenvalue weighted by atomic mass is 79.9. The van der Waals surface area contributed by atoms with Crippen molar-refractivity contribution >= 4 is 45.0 Å². The van der Waals surface area contributed by atoms with Crippen LogP contribution < -0.4 is 16.0 Å². The molecule has 0 aliphatic rings. The molecule has 3 N–H and O–H groups in total. The van der Waals surface area contributed by atoms with Gasteiger partial charge in [0.15, 0.2) is 0 Å². The normalized spacial score (nSPS) is 10.9. The van der Waals surface area contributed by atoms with Gasteiger partial charge in [-0.1, -0.05) is 15.9 Å². The highest BCUT2D eigenvalue weighted by molar-refractivity contribution is 9.10. The second-order valence-electron chi connectivity index (χ2n) is 8.28. The number of nitrogens with one attached hydrogen (secondary N) is 3. The standard InChI is InChI=1S/C24H29BrN6O3/c1-29(2)11-5-10-26-23(33)20-12-19(15-30(20)3)28-24(34)21-13-18(14-31(21)4)27-22(32)16-6-8-17(25)9-7-16/h6-9,12-15H,5,10-11H2,1-4H3,(H,26,33)(H,27,32)(H,28,34). The summed E-state index contributed by atoms with van der Waals surface area (Å²) in [5.74, 6) is -0.817. The Hall–Kier alpha value is -3.37. The lowest BCUT2D eigenvalue weighted by molar-refractivity contribution is 0.0942. The summed E-state index contributed by atoms with van der Waals surface area (Å²) in [6, 6.07) is 10.2. The van der Waals surface area contributed by atoms with Gasteiger partial charge in [-0.2, -0.15) is 0 Å². The number of aromatic nitrogens is 2. The molecule has 34 heavy (non-hydrogen) atoms. The lowest BCUT2D eigenvalue weighted by Crippen LogP contribution is -2.28. The molecule has 0 aliphatic carbocycles. The molecule has 0 spiro atoms. The second kappa shape index (κ2) is 11.2. The largest absolute Gasteiger partial charge is 0.351 e. The number of anilines is 2. The molecule has 3 aromatic rings. The zero-order valence-electron chi connectivity index (χ0n) is 19.7. The maximum absolute atomic E-state index is 12.8. The van der Waals surface area contributed by atoms with Crippen molar-refractivity contribution in [1.82, 2.24) is 19.4 Å². The number of rotatable bonds is 9. The SMILES string of the molecule is CN(C)CCCNC(=O)c1cc(NC(=O)c2cc(NC(=O)c3ccc(Br)cc3)cn2C)cn1C. The molecule has 0 atom stereocenters. The number of carbonyl (C=O) groups excluding carboxylic acids is 3. The van der Waals surface area contributed by atoms with Crippen LogP contribution in [-0.4, -0.2) is 58.9 Å². The van der Waals surface area contributed by atoms with Crippen molar-refractivity contribution in [2.45, 2.75) is 6.42 Å². The molecular formula is C24H29BrN6O3. The minimum Gasteiger partial charge on any atom is -0.351 e. The first-order chi connectivity index (χ1) is 16.1. The van der Waals surface area contributed by atoms with E-state index in [9.17, 15) is 14.4 Å². The third-order valence-electron chi connectivity index (χ3n) is 5.16. The number of aryl methyl sites for hydroxylation is 2. The summed E-state index contributed by atoms with van der Waals surface area (Å²) < 4.78 is 4.19. The summed E-state index contributed by atoms with van der Waals surface area (Å²) in [5.41, 5.74) is 2.34. The van der Waals surface area contributed by atoms with Gasteiger partial charge in [-0.05, 0) is 63.5 Å². The molecule has 10 heteroatoms. The monoisotopic (exact) mass is 528 g/mol. The first kappa shape index (κ1) is 25.3. The van der Waals surface area contributed by atoms with E-state index in [1.165, 1.54) is 0 Å². The molecule has 0 aliphatic heterocycles. The van der Waals surface area contributed by atoms with Crippen molar-refractivity contribution in [2.24, 2.45) is 14.1 Å². The Morgan fingerprint density at radius 3 is 1.94 bits per heavy atom. The number of nitrogens with zero attached hydrogens (tertiary/aromatic N) is 3. The van der Waals surface area contributed by atoms with Crippen LogP contribution in [0.1, 0.15) is 37.8 Å². The van der Waals surface area contributed by atoms with E-state index in [1.807, 2.05) is 14.1 Å². The Bertz CT molecular complexity index is 1180. The van der Waals surface area contributed by atoms with E-state index >= 15 is 0 Å². The fourth-order valence-electron chi connectivity index (χ4n) is 3.40. The summed E-state index contributed by atoms with van der Waals surface area (Å²) in [4.78, 5) is 39.8. The molecule has 0 bridgehead atoms. The lowest BCUT2D eigenvalue weighted by atomic mass is 10.2. The summed E-state index contributed by atoms with van der Waals surface area (Å²) in [5, 5.41) is 8.51. The van der Waals surface area contributed by atoms with Crippen LogP contribution >= 0.6 is 15.9 Å². The highest BCUT2D eigenvalue weighted by Crippen LogP contribution is 2.19. The van der Waals surface area contributed by atoms with Gasteiger partial charge in [0.05, 0.1) is 11.4 Å². The van der Waals surface area contributed by atoms with Crippen LogP contribution in [0.4, 0.5) is 11.4 Å². The third kappa shape index (κ3) is 6.58. The molecule has 3 rings (SSSR count). The Labute approximate surface area is 207 Å². The molecule has 2 heterocycles. The quantitative estimate of drug-likeness (QED) is 0.371. The average molecular weight is 529 g/mol. The van der Waals surface area contributed by atoms with Crippen molar-refractivity contribution in [3.05, 3.63) is 70.2 Å². The van der Waals surface area contributed by atoms with Gasteiger partial charge in [0.1, 0.15) is 11.4 Å². The maximum atomic E-state index is 12.8. The van der Waals surface area contributed by atoms with Gasteiger partial charge in [-0.25, -0.2) is 0 Å². The molecule has 0 fully saturated rings. The molecule has 9 nitrogen and oxygen atoms in total. The van der Waals surface area contributed by atoms with Crippen LogP contribution in [0.3, 0.4) is 0 Å². The average Bonchev–Trinajstić information content (AvgIpc) is 3.33. The van der Waals surface area contributed by atoms with Crippen molar-refractivity contribution in [1.29, 1.82) is 0 Å². The van der Waals surface area contributed by atoms with Crippen LogP contribution in [0.15, 0.2) is 53.3 Å². The van der Waals surface area contributed by atoms with Gasteiger partial charge >= 0.3 is 0 Å². The number of carbonyl (C=O) groups is 3. The Morgan fingerprint density at radius 1 is 0.853 bits per heavy atom. The van der Waals surface area contributed by atoms with Crippen LogP contribution in [0.25, 0.3) is 0 Å². The second-order valence-corrected chi connectivity index (χ2v) is 9.19. The minimum absolute atomic E-state index is 0.196. The lowest BCUT2D eigenvalue weighted by Gasteiger charge is -2.10. The van der Waals surface area contributed by atoms with Crippen LogP contribution in [-0.2, 0) is 14.1 Å². The van der Waals surface area contributed by atoms with Gasteiger partial charge in [-0.15, -0.1) is 0 Å². The highest BCUT2D eigenvalue weighted by Gasteiger charge is 2.17. The molecule has 0 saturated carbocycles. The Kier molecular flexibility index (Phi) is 8.30. The molecule has 2 aromatic heterocycles. The van der Waals surface area contributed by atoms with Crippen molar-refractivity contribution in [3.8, 4) is 0 Å². The first-order valence-electron chi connectivity index (χ1n) is 10.8. The van der Waals surface area contributed by atoms with E-state index in [4.69, 9.17) is 0 Å². The fraction of sp³-hybridized carbons (Fsp3) is 0.292. The van der Waals surface area contributed by atoms with E-state index in [1.54, 1.807) is 72.0 Å². The van der Waals surface area contributed by atoms with Gasteiger partial charge < -0.3 is 30.0 Å². The van der Waals surface area contributed by atoms with Gasteiger partial charge in [-0.3, -0.25) is 14.4 Å². The third-order valence-corrected chi connectivity index (χ3v) is 5.69. The fourth-order valence-corrected chi connectivity index (χ4v) is 3.67. The summed E-state index contributed by atoms with van der Waals surface area (Å²) in [6.45, 7) is 1.46. The summed E-state index contributed by atoms with van der Waals surface area (Å²) in [7, 11) is 7.45. The Morgan fingerprint density at radius 2 is 1.38 bits per heavy atom. The topological polar surface area (TPSA) is 100 Å². The summed E-state index contributed by atoms with van der Waals surface area (Å²) >= 11 is 3.34. The molecule has 3 amide bonds.